The summed E-state index contributed by atoms with van der Waals surface area (Å²) in [6, 6.07) is 8.18. The van der Waals surface area contributed by atoms with Crippen LogP contribution in [0.4, 0.5) is 0 Å². The molecule has 24 heavy (non-hydrogen) atoms. The van der Waals surface area contributed by atoms with Gasteiger partial charge in [-0.25, -0.2) is 8.42 Å². The van der Waals surface area contributed by atoms with Gasteiger partial charge >= 0.3 is 0 Å². The number of hydrogen-bond donors (Lipinski definition) is 0. The fourth-order valence-corrected chi connectivity index (χ4v) is 5.76. The highest BCUT2D eigenvalue weighted by Gasteiger charge is 2.35. The minimum Gasteiger partial charge on any atom is -0.329 e. The molecular formula is C16H15Cl2NO3S2. The Morgan fingerprint density at radius 2 is 1.96 bits per heavy atom. The number of benzene rings is 1. The zero-order chi connectivity index (χ0) is 17.3. The molecule has 8 heteroatoms. The van der Waals surface area contributed by atoms with Crippen LogP contribution in [0, 0.1) is 0 Å². The predicted molar refractivity (Wildman–Crippen MR) is 97.7 cm³/mol. The zero-order valence-corrected chi connectivity index (χ0v) is 15.8. The first-order valence-corrected chi connectivity index (χ1v) is 10.8. The molecule has 1 saturated heterocycles. The maximum Gasteiger partial charge on any atom is 0.254 e. The Morgan fingerprint density at radius 3 is 2.50 bits per heavy atom. The van der Waals surface area contributed by atoms with E-state index in [0.717, 1.165) is 4.88 Å². The first-order chi connectivity index (χ1) is 11.3. The van der Waals surface area contributed by atoms with Crippen molar-refractivity contribution in [2.75, 3.05) is 11.5 Å². The van der Waals surface area contributed by atoms with Gasteiger partial charge in [-0.1, -0.05) is 29.3 Å². The van der Waals surface area contributed by atoms with E-state index >= 15 is 0 Å². The average molecular weight is 404 g/mol. The Morgan fingerprint density at radius 1 is 1.25 bits per heavy atom. The molecule has 1 aliphatic heterocycles. The number of thiophene rings is 1. The molecule has 4 nitrogen and oxygen atoms in total. The standard InChI is InChI=1S/C16H15Cl2NO3S2/c17-12-6-11(7-13(18)8-12)16(20)19(9-15-2-1-4-23-15)14-3-5-24(21,22)10-14/h1-2,4,6-8,14H,3,5,9-10H2. The van der Waals surface area contributed by atoms with Crippen LogP contribution in [-0.4, -0.2) is 36.8 Å². The van der Waals surface area contributed by atoms with Gasteiger partial charge in [-0.2, -0.15) is 0 Å². The summed E-state index contributed by atoms with van der Waals surface area (Å²) < 4.78 is 23.7. The minimum atomic E-state index is -3.09. The van der Waals surface area contributed by atoms with E-state index in [1.807, 2.05) is 17.5 Å². The summed E-state index contributed by atoms with van der Waals surface area (Å²) in [6.07, 6.45) is 0.452. The van der Waals surface area contributed by atoms with Gasteiger partial charge in [0, 0.05) is 26.5 Å². The van der Waals surface area contributed by atoms with Crippen molar-refractivity contribution in [1.82, 2.24) is 4.90 Å². The molecule has 1 fully saturated rings. The maximum atomic E-state index is 13.0. The number of halogens is 2. The fraction of sp³-hybridized carbons (Fsp3) is 0.312. The Kier molecular flexibility index (Phi) is 5.20. The Balaban J connectivity index is 1.92. The lowest BCUT2D eigenvalue weighted by Crippen LogP contribution is -2.40. The molecule has 1 unspecified atom stereocenters. The van der Waals surface area contributed by atoms with E-state index in [1.54, 1.807) is 23.1 Å². The lowest BCUT2D eigenvalue weighted by molar-refractivity contribution is 0.0683. The van der Waals surface area contributed by atoms with E-state index in [9.17, 15) is 13.2 Å². The number of nitrogens with zero attached hydrogens (tertiary/aromatic N) is 1. The molecule has 1 amide bonds. The second kappa shape index (κ2) is 7.04. The summed E-state index contributed by atoms with van der Waals surface area (Å²) in [4.78, 5) is 15.6. The van der Waals surface area contributed by atoms with Crippen LogP contribution in [0.1, 0.15) is 21.7 Å². The van der Waals surface area contributed by atoms with E-state index in [2.05, 4.69) is 0 Å². The average Bonchev–Trinajstić information content (AvgIpc) is 3.12. The first kappa shape index (κ1) is 17.7. The largest absolute Gasteiger partial charge is 0.329 e. The lowest BCUT2D eigenvalue weighted by atomic mass is 10.1. The fourth-order valence-electron chi connectivity index (χ4n) is 2.80. The number of rotatable bonds is 4. The lowest BCUT2D eigenvalue weighted by Gasteiger charge is -2.28. The molecule has 0 N–H and O–H groups in total. The zero-order valence-electron chi connectivity index (χ0n) is 12.6. The normalized spacial score (nSPS) is 19.3. The van der Waals surface area contributed by atoms with Crippen LogP contribution in [0.25, 0.3) is 0 Å². The molecule has 1 atom stereocenters. The third kappa shape index (κ3) is 4.11. The van der Waals surface area contributed by atoms with Gasteiger partial charge < -0.3 is 4.90 Å². The second-order valence-corrected chi connectivity index (χ2v) is 9.86. The summed E-state index contributed by atoms with van der Waals surface area (Å²) >= 11 is 13.5. The molecule has 2 aromatic rings. The molecule has 0 saturated carbocycles. The van der Waals surface area contributed by atoms with Crippen LogP contribution >= 0.6 is 34.5 Å². The monoisotopic (exact) mass is 403 g/mol. The molecular weight excluding hydrogens is 389 g/mol. The van der Waals surface area contributed by atoms with Gasteiger partial charge in [0.05, 0.1) is 18.1 Å². The van der Waals surface area contributed by atoms with Crippen molar-refractivity contribution in [2.45, 2.75) is 19.0 Å². The number of hydrogen-bond acceptors (Lipinski definition) is 4. The summed E-state index contributed by atoms with van der Waals surface area (Å²) in [6.45, 7) is 0.376. The summed E-state index contributed by atoms with van der Waals surface area (Å²) in [5, 5.41) is 2.68. The molecule has 0 bridgehead atoms. The molecule has 1 aromatic carbocycles. The van der Waals surface area contributed by atoms with Crippen molar-refractivity contribution < 1.29 is 13.2 Å². The quantitative estimate of drug-likeness (QED) is 0.777. The number of carbonyl (C=O) groups excluding carboxylic acids is 1. The van der Waals surface area contributed by atoms with Crippen molar-refractivity contribution in [2.24, 2.45) is 0 Å². The van der Waals surface area contributed by atoms with Crippen molar-refractivity contribution in [3.8, 4) is 0 Å². The second-order valence-electron chi connectivity index (χ2n) is 5.73. The van der Waals surface area contributed by atoms with Gasteiger partial charge in [0.1, 0.15) is 0 Å². The third-order valence-electron chi connectivity index (χ3n) is 3.93. The number of sulfone groups is 1. The van der Waals surface area contributed by atoms with Crippen LogP contribution in [0.5, 0.6) is 0 Å². The highest BCUT2D eigenvalue weighted by atomic mass is 35.5. The van der Waals surface area contributed by atoms with Crippen LogP contribution in [0.3, 0.4) is 0 Å². The molecule has 128 valence electrons. The van der Waals surface area contributed by atoms with Crippen LogP contribution in [0.15, 0.2) is 35.7 Å². The third-order valence-corrected chi connectivity index (χ3v) is 6.97. The van der Waals surface area contributed by atoms with Crippen molar-refractivity contribution in [1.29, 1.82) is 0 Å². The van der Waals surface area contributed by atoms with Gasteiger partial charge in [0.2, 0.25) is 0 Å². The summed E-state index contributed by atoms with van der Waals surface area (Å²) in [5.74, 6) is -0.143. The molecule has 3 rings (SSSR count). The molecule has 1 aromatic heterocycles. The van der Waals surface area contributed by atoms with Crippen LogP contribution < -0.4 is 0 Å². The van der Waals surface area contributed by atoms with Crippen LogP contribution in [-0.2, 0) is 16.4 Å². The van der Waals surface area contributed by atoms with Gasteiger partial charge in [-0.3, -0.25) is 4.79 Å². The first-order valence-electron chi connectivity index (χ1n) is 7.34. The van der Waals surface area contributed by atoms with Gasteiger partial charge in [0.15, 0.2) is 9.84 Å². The molecule has 2 heterocycles. The molecule has 0 radical (unpaired) electrons. The van der Waals surface area contributed by atoms with Gasteiger partial charge in [-0.05, 0) is 36.1 Å². The smallest absolute Gasteiger partial charge is 0.254 e. The van der Waals surface area contributed by atoms with Crippen molar-refractivity contribution >= 4 is 50.3 Å². The highest BCUT2D eigenvalue weighted by molar-refractivity contribution is 7.91. The summed E-state index contributed by atoms with van der Waals surface area (Å²) in [5.41, 5.74) is 0.369. The van der Waals surface area contributed by atoms with E-state index in [1.165, 1.54) is 11.3 Å². The van der Waals surface area contributed by atoms with E-state index in [4.69, 9.17) is 23.2 Å². The Bertz CT molecular complexity index is 830. The number of amides is 1. The van der Waals surface area contributed by atoms with E-state index < -0.39 is 9.84 Å². The van der Waals surface area contributed by atoms with E-state index in [0.29, 0.717) is 28.6 Å². The molecule has 0 aliphatic carbocycles. The number of carbonyl (C=O) groups is 1. The maximum absolute atomic E-state index is 13.0. The van der Waals surface area contributed by atoms with Crippen molar-refractivity contribution in [3.63, 3.8) is 0 Å². The van der Waals surface area contributed by atoms with E-state index in [-0.39, 0.29) is 23.5 Å². The van der Waals surface area contributed by atoms with Crippen molar-refractivity contribution in [3.05, 3.63) is 56.2 Å². The topological polar surface area (TPSA) is 54.5 Å². The molecule has 1 aliphatic rings. The minimum absolute atomic E-state index is 0.00157. The predicted octanol–water partition coefficient (Wildman–Crippen LogP) is 3.88. The van der Waals surface area contributed by atoms with Crippen LogP contribution in [0.2, 0.25) is 10.0 Å². The Hall–Kier alpha value is -1.08. The SMILES string of the molecule is O=C(c1cc(Cl)cc(Cl)c1)N(Cc1cccs1)C1CCS(=O)(=O)C1. The molecule has 0 spiro atoms. The Labute approximate surface area is 154 Å². The summed E-state index contributed by atoms with van der Waals surface area (Å²) in [7, 11) is -3.09. The van der Waals surface area contributed by atoms with Gasteiger partial charge in [-0.15, -0.1) is 11.3 Å². The van der Waals surface area contributed by atoms with Gasteiger partial charge in [0.25, 0.3) is 5.91 Å². The highest BCUT2D eigenvalue weighted by Crippen LogP contribution is 2.26.